The predicted molar refractivity (Wildman–Crippen MR) is 31.1 cm³/mol. The van der Waals surface area contributed by atoms with Gasteiger partial charge >= 0.3 is 0 Å². The van der Waals surface area contributed by atoms with E-state index >= 15 is 0 Å². The van der Waals surface area contributed by atoms with Crippen molar-refractivity contribution in [2.24, 2.45) is 5.73 Å². The van der Waals surface area contributed by atoms with Crippen LogP contribution in [0.3, 0.4) is 0 Å². The topological polar surface area (TPSA) is 59.7 Å². The molecular weight excluding hydrogens is 104 g/mol. The normalized spacial score (nSPS) is 9.12. The van der Waals surface area contributed by atoms with Crippen LogP contribution in [0.5, 0.6) is 0 Å². The van der Waals surface area contributed by atoms with Gasteiger partial charge in [-0.05, 0) is 6.92 Å². The average Bonchev–Trinajstić information content (AvgIpc) is 1.66. The molecule has 0 atom stereocenters. The smallest absolute Gasteiger partial charge is 0.223 e. The Kier molecular flexibility index (Phi) is 4.26. The first-order valence-corrected chi connectivity index (χ1v) is 2.87. The maximum absolute atomic E-state index is 10.1. The lowest BCUT2D eigenvalue weighted by atomic mass is 10.4. The number of amides is 1. The fourth-order valence-corrected chi connectivity index (χ4v) is 0.448. The monoisotopic (exact) mass is 117 g/mol. The molecule has 0 saturated carbocycles. The van der Waals surface area contributed by atoms with Gasteiger partial charge in [0.2, 0.25) is 5.91 Å². The van der Waals surface area contributed by atoms with Gasteiger partial charge in [0, 0.05) is 0 Å². The second-order valence-corrected chi connectivity index (χ2v) is 1.70. The second-order valence-electron chi connectivity index (χ2n) is 1.70. The maximum atomic E-state index is 10.1. The number of nitrogens with two attached hydrogens (primary N) is 2. The van der Waals surface area contributed by atoms with E-state index in [0.29, 0.717) is 6.42 Å². The van der Waals surface area contributed by atoms with Crippen molar-refractivity contribution in [3.63, 3.8) is 0 Å². The van der Waals surface area contributed by atoms with Crippen LogP contribution in [-0.2, 0) is 4.79 Å². The van der Waals surface area contributed by atoms with Crippen molar-refractivity contribution in [3.8, 4) is 0 Å². The van der Waals surface area contributed by atoms with Gasteiger partial charge in [-0.3, -0.25) is 4.79 Å². The Bertz CT molecular complexity index is 72.8. The minimum Gasteiger partial charge on any atom is -0.369 e. The molecule has 0 fully saturated rings. The zero-order chi connectivity index (χ0) is 6.41. The highest BCUT2D eigenvalue weighted by molar-refractivity contribution is 5.73. The van der Waals surface area contributed by atoms with Crippen molar-refractivity contribution < 1.29 is 10.1 Å². The van der Waals surface area contributed by atoms with Crippen molar-refractivity contribution in [1.82, 2.24) is 0 Å². The summed E-state index contributed by atoms with van der Waals surface area (Å²) in [5.41, 5.74) is 4.87. The quantitative estimate of drug-likeness (QED) is 0.430. The Labute approximate surface area is 49.3 Å². The molecule has 0 rings (SSSR count). The summed E-state index contributed by atoms with van der Waals surface area (Å²) >= 11 is 0. The summed E-state index contributed by atoms with van der Waals surface area (Å²) < 4.78 is 0. The summed E-state index contributed by atoms with van der Waals surface area (Å²) in [5.74, 6) is -0.213. The molecule has 8 heavy (non-hydrogen) atoms. The van der Waals surface area contributed by atoms with Gasteiger partial charge in [0.1, 0.15) is 0 Å². The van der Waals surface area contributed by atoms with Gasteiger partial charge in [0.05, 0.1) is 19.5 Å². The fourth-order valence-electron chi connectivity index (χ4n) is 0.448. The number of quaternary nitrogens is 1. The Balaban J connectivity index is 2.82. The van der Waals surface area contributed by atoms with Crippen LogP contribution in [0.1, 0.15) is 13.3 Å². The van der Waals surface area contributed by atoms with Crippen molar-refractivity contribution >= 4 is 5.91 Å². The molecule has 0 saturated heterocycles. The van der Waals surface area contributed by atoms with Crippen molar-refractivity contribution in [2.45, 2.75) is 13.3 Å². The van der Waals surface area contributed by atoms with Crippen LogP contribution in [-0.4, -0.2) is 19.0 Å². The lowest BCUT2D eigenvalue weighted by Crippen LogP contribution is -2.84. The van der Waals surface area contributed by atoms with Crippen molar-refractivity contribution in [2.75, 3.05) is 13.1 Å². The first-order chi connectivity index (χ1) is 3.77. The molecule has 0 heterocycles. The molecule has 0 aliphatic rings. The van der Waals surface area contributed by atoms with Gasteiger partial charge in [0.15, 0.2) is 0 Å². The van der Waals surface area contributed by atoms with E-state index in [1.807, 2.05) is 12.2 Å². The van der Waals surface area contributed by atoms with Crippen LogP contribution >= 0.6 is 0 Å². The molecule has 3 nitrogen and oxygen atoms in total. The molecule has 0 radical (unpaired) electrons. The Morgan fingerprint density at radius 1 is 1.75 bits per heavy atom. The summed E-state index contributed by atoms with van der Waals surface area (Å²) in [6, 6.07) is 0. The van der Waals surface area contributed by atoms with E-state index in [9.17, 15) is 4.79 Å². The van der Waals surface area contributed by atoms with E-state index in [1.54, 1.807) is 0 Å². The van der Waals surface area contributed by atoms with Gasteiger partial charge in [0.25, 0.3) is 0 Å². The molecule has 1 amide bonds. The minimum atomic E-state index is -0.213. The highest BCUT2D eigenvalue weighted by atomic mass is 16.1. The molecule has 48 valence electrons. The third-order valence-electron chi connectivity index (χ3n) is 0.884. The molecule has 3 heteroatoms. The van der Waals surface area contributed by atoms with Gasteiger partial charge in [-0.1, -0.05) is 0 Å². The number of carbonyl (C=O) groups is 1. The summed E-state index contributed by atoms with van der Waals surface area (Å²) in [6.45, 7) is 3.89. The Morgan fingerprint density at radius 3 is 2.75 bits per heavy atom. The van der Waals surface area contributed by atoms with E-state index in [2.05, 4.69) is 0 Å². The summed E-state index contributed by atoms with van der Waals surface area (Å²) in [5, 5.41) is 2.05. The third-order valence-corrected chi connectivity index (χ3v) is 0.884. The first kappa shape index (κ1) is 7.43. The van der Waals surface area contributed by atoms with E-state index in [4.69, 9.17) is 5.73 Å². The number of carbonyl (C=O) groups excluding carboxylic acids is 1. The van der Waals surface area contributed by atoms with Gasteiger partial charge < -0.3 is 11.1 Å². The van der Waals surface area contributed by atoms with Gasteiger partial charge in [-0.15, -0.1) is 0 Å². The molecule has 0 aromatic carbocycles. The molecule has 4 N–H and O–H groups in total. The van der Waals surface area contributed by atoms with Crippen LogP contribution < -0.4 is 11.1 Å². The third kappa shape index (κ3) is 5.43. The lowest BCUT2D eigenvalue weighted by molar-refractivity contribution is -0.650. The standard InChI is InChI=1S/C5H12N2O/c1-2-7-4-3-5(6)8/h7H,2-4H2,1H3,(H2,6,8)/p+1. The van der Waals surface area contributed by atoms with Crippen LogP contribution in [0.4, 0.5) is 0 Å². The predicted octanol–water partition coefficient (Wildman–Crippen LogP) is -1.55. The Hall–Kier alpha value is -0.570. The van der Waals surface area contributed by atoms with E-state index in [1.165, 1.54) is 0 Å². The van der Waals surface area contributed by atoms with Crippen LogP contribution in [0.25, 0.3) is 0 Å². The largest absolute Gasteiger partial charge is 0.369 e. The van der Waals surface area contributed by atoms with Crippen molar-refractivity contribution in [1.29, 1.82) is 0 Å². The molecular formula is C5H13N2O+. The zero-order valence-corrected chi connectivity index (χ0v) is 5.18. The summed E-state index contributed by atoms with van der Waals surface area (Å²) in [7, 11) is 0. The molecule has 0 bridgehead atoms. The molecule has 0 aromatic rings. The zero-order valence-electron chi connectivity index (χ0n) is 5.18. The number of hydrogen-bond acceptors (Lipinski definition) is 1. The van der Waals surface area contributed by atoms with Crippen LogP contribution in [0.15, 0.2) is 0 Å². The van der Waals surface area contributed by atoms with Crippen molar-refractivity contribution in [3.05, 3.63) is 0 Å². The van der Waals surface area contributed by atoms with Gasteiger partial charge in [-0.25, -0.2) is 0 Å². The number of rotatable bonds is 4. The first-order valence-electron chi connectivity index (χ1n) is 2.87. The average molecular weight is 117 g/mol. The van der Waals surface area contributed by atoms with Gasteiger partial charge in [-0.2, -0.15) is 0 Å². The summed E-state index contributed by atoms with van der Waals surface area (Å²) in [4.78, 5) is 10.1. The Morgan fingerprint density at radius 2 is 2.38 bits per heavy atom. The van der Waals surface area contributed by atoms with E-state index in [-0.39, 0.29) is 5.91 Å². The molecule has 0 spiro atoms. The summed E-state index contributed by atoms with van der Waals surface area (Å²) in [6.07, 6.45) is 0.494. The molecule has 0 aromatic heterocycles. The fraction of sp³-hybridized carbons (Fsp3) is 0.800. The number of primary amides is 1. The molecule has 0 unspecified atom stereocenters. The maximum Gasteiger partial charge on any atom is 0.223 e. The SMILES string of the molecule is CC[NH2+]CCC(N)=O. The molecule has 0 aliphatic heterocycles. The van der Waals surface area contributed by atoms with E-state index < -0.39 is 0 Å². The second kappa shape index (κ2) is 4.59. The highest BCUT2D eigenvalue weighted by Crippen LogP contribution is 1.63. The highest BCUT2D eigenvalue weighted by Gasteiger charge is 1.92. The van der Waals surface area contributed by atoms with E-state index in [0.717, 1.165) is 13.1 Å². The minimum absolute atomic E-state index is 0.213. The lowest BCUT2D eigenvalue weighted by Gasteiger charge is -1.91. The van der Waals surface area contributed by atoms with Crippen LogP contribution in [0, 0.1) is 0 Å². The van der Waals surface area contributed by atoms with Crippen LogP contribution in [0.2, 0.25) is 0 Å². The molecule has 0 aliphatic carbocycles. The number of hydrogen-bond donors (Lipinski definition) is 2.